The highest BCUT2D eigenvalue weighted by molar-refractivity contribution is 7.80. The van der Waals surface area contributed by atoms with Crippen molar-refractivity contribution in [2.24, 2.45) is 0 Å². The summed E-state index contributed by atoms with van der Waals surface area (Å²) in [7, 11) is 4.36. The molecule has 1 N–H and O–H groups in total. The molecule has 1 aromatic rings. The monoisotopic (exact) mass is 340 g/mol. The summed E-state index contributed by atoms with van der Waals surface area (Å²) in [5.41, 5.74) is 0.397. The van der Waals surface area contributed by atoms with Gasteiger partial charge >= 0.3 is 0 Å². The molecule has 8 heteroatoms. The first-order chi connectivity index (χ1) is 10.3. The second-order valence-electron chi connectivity index (χ2n) is 4.62. The van der Waals surface area contributed by atoms with E-state index >= 15 is 0 Å². The number of hydrogen-bond acceptors (Lipinski definition) is 5. The van der Waals surface area contributed by atoms with Crippen LogP contribution in [0.5, 0.6) is 11.5 Å². The standard InChI is InChI=1S/C14H13ClN2O4S/c1-16-12(19)8(13(20)17(2)14(16)22)4-7-5-9(15)11(18)10(6-7)21-3/h4-6,18H,1-3H3. The number of thiocarbonyl (C=S) groups is 1. The van der Waals surface area contributed by atoms with Gasteiger partial charge in [0.2, 0.25) is 0 Å². The maximum atomic E-state index is 12.2. The molecular formula is C14H13ClN2O4S. The Kier molecular flexibility index (Phi) is 4.39. The minimum absolute atomic E-state index is 0.0533. The molecule has 0 bridgehead atoms. The maximum absolute atomic E-state index is 12.2. The van der Waals surface area contributed by atoms with E-state index in [2.05, 4.69) is 0 Å². The van der Waals surface area contributed by atoms with E-state index in [-0.39, 0.29) is 27.2 Å². The number of methoxy groups -OCH3 is 1. The quantitative estimate of drug-likeness (QED) is 0.503. The van der Waals surface area contributed by atoms with Gasteiger partial charge in [0.05, 0.1) is 12.1 Å². The van der Waals surface area contributed by atoms with E-state index in [1.807, 2.05) is 0 Å². The molecule has 6 nitrogen and oxygen atoms in total. The van der Waals surface area contributed by atoms with E-state index < -0.39 is 11.8 Å². The lowest BCUT2D eigenvalue weighted by Gasteiger charge is -2.31. The molecule has 1 aliphatic heterocycles. The molecular weight excluding hydrogens is 328 g/mol. The zero-order valence-corrected chi connectivity index (χ0v) is 13.7. The van der Waals surface area contributed by atoms with E-state index in [9.17, 15) is 14.7 Å². The van der Waals surface area contributed by atoms with Crippen LogP contribution in [-0.2, 0) is 9.59 Å². The van der Waals surface area contributed by atoms with Gasteiger partial charge in [-0.3, -0.25) is 19.4 Å². The predicted octanol–water partition coefficient (Wildman–Crippen LogP) is 1.65. The Balaban J connectivity index is 2.52. The highest BCUT2D eigenvalue weighted by atomic mass is 35.5. The Morgan fingerprint density at radius 2 is 1.77 bits per heavy atom. The minimum Gasteiger partial charge on any atom is -0.503 e. The zero-order valence-electron chi connectivity index (χ0n) is 12.1. The van der Waals surface area contributed by atoms with Gasteiger partial charge in [-0.2, -0.15) is 0 Å². The largest absolute Gasteiger partial charge is 0.503 e. The summed E-state index contributed by atoms with van der Waals surface area (Å²) in [5.74, 6) is -1.07. The van der Waals surface area contributed by atoms with Crippen molar-refractivity contribution in [3.63, 3.8) is 0 Å². The first-order valence-corrected chi connectivity index (χ1v) is 6.94. The molecule has 22 heavy (non-hydrogen) atoms. The molecule has 2 amide bonds. The van der Waals surface area contributed by atoms with E-state index in [4.69, 9.17) is 28.6 Å². The number of likely N-dealkylation sites (N-methyl/N-ethyl adjacent to an activating group) is 2. The summed E-state index contributed by atoms with van der Waals surface area (Å²) in [6.45, 7) is 0. The molecule has 0 unspecified atom stereocenters. The molecule has 0 spiro atoms. The number of rotatable bonds is 2. The first-order valence-electron chi connectivity index (χ1n) is 6.16. The van der Waals surface area contributed by atoms with Gasteiger partial charge in [0, 0.05) is 14.1 Å². The molecule has 0 aliphatic carbocycles. The van der Waals surface area contributed by atoms with Crippen molar-refractivity contribution in [2.45, 2.75) is 0 Å². The highest BCUT2D eigenvalue weighted by Gasteiger charge is 2.35. The number of amides is 2. The molecule has 0 aromatic heterocycles. The van der Waals surface area contributed by atoms with Crippen molar-refractivity contribution in [1.82, 2.24) is 9.80 Å². The Hall–Kier alpha value is -2.12. The fourth-order valence-electron chi connectivity index (χ4n) is 1.97. The van der Waals surface area contributed by atoms with Crippen LogP contribution < -0.4 is 4.74 Å². The summed E-state index contributed by atoms with van der Waals surface area (Å²) in [5, 5.41) is 9.89. The van der Waals surface area contributed by atoms with Gasteiger partial charge in [-0.15, -0.1) is 0 Å². The fourth-order valence-corrected chi connectivity index (χ4v) is 2.36. The van der Waals surface area contributed by atoms with Crippen LogP contribution in [0.1, 0.15) is 5.56 Å². The fraction of sp³-hybridized carbons (Fsp3) is 0.214. The summed E-state index contributed by atoms with van der Waals surface area (Å²) in [4.78, 5) is 26.8. The Bertz CT molecular complexity index is 691. The highest BCUT2D eigenvalue weighted by Crippen LogP contribution is 2.35. The smallest absolute Gasteiger partial charge is 0.265 e. The Morgan fingerprint density at radius 3 is 2.27 bits per heavy atom. The van der Waals surface area contributed by atoms with Crippen LogP contribution in [0.3, 0.4) is 0 Å². The van der Waals surface area contributed by atoms with Crippen molar-refractivity contribution in [3.05, 3.63) is 28.3 Å². The number of ether oxygens (including phenoxy) is 1. The van der Waals surface area contributed by atoms with Gasteiger partial charge in [0.15, 0.2) is 16.6 Å². The molecule has 1 aliphatic rings. The van der Waals surface area contributed by atoms with E-state index in [1.54, 1.807) is 0 Å². The van der Waals surface area contributed by atoms with Gasteiger partial charge in [0.1, 0.15) is 5.57 Å². The first kappa shape index (κ1) is 16.3. The van der Waals surface area contributed by atoms with Crippen LogP contribution in [0.15, 0.2) is 17.7 Å². The molecule has 116 valence electrons. The van der Waals surface area contributed by atoms with Gasteiger partial charge < -0.3 is 9.84 Å². The van der Waals surface area contributed by atoms with Crippen LogP contribution in [0, 0.1) is 0 Å². The molecule has 1 heterocycles. The molecule has 0 atom stereocenters. The number of aromatic hydroxyl groups is 1. The predicted molar refractivity (Wildman–Crippen MR) is 85.8 cm³/mol. The lowest BCUT2D eigenvalue weighted by atomic mass is 10.1. The lowest BCUT2D eigenvalue weighted by molar-refractivity contribution is -0.132. The number of phenols is 1. The average Bonchev–Trinajstić information content (AvgIpc) is 2.50. The van der Waals surface area contributed by atoms with Gasteiger partial charge in [-0.25, -0.2) is 0 Å². The number of hydrogen-bond donors (Lipinski definition) is 1. The van der Waals surface area contributed by atoms with Crippen LogP contribution in [-0.4, -0.2) is 53.0 Å². The maximum Gasteiger partial charge on any atom is 0.265 e. The molecule has 1 aromatic carbocycles. The third-order valence-corrected chi connectivity index (χ3v) is 4.06. The molecule has 0 radical (unpaired) electrons. The van der Waals surface area contributed by atoms with Crippen LogP contribution in [0.4, 0.5) is 0 Å². The zero-order chi connectivity index (χ0) is 16.6. The Morgan fingerprint density at radius 1 is 1.23 bits per heavy atom. The van der Waals surface area contributed by atoms with Crippen molar-refractivity contribution in [2.75, 3.05) is 21.2 Å². The normalized spacial score (nSPS) is 15.5. The van der Waals surface area contributed by atoms with E-state index in [0.717, 1.165) is 0 Å². The third kappa shape index (κ3) is 2.65. The molecule has 1 saturated heterocycles. The van der Waals surface area contributed by atoms with Gasteiger partial charge in [0.25, 0.3) is 11.8 Å². The molecule has 0 saturated carbocycles. The van der Waals surface area contributed by atoms with E-state index in [1.165, 1.54) is 49.2 Å². The number of halogens is 1. The summed E-state index contributed by atoms with van der Waals surface area (Å²) in [6.07, 6.45) is 1.38. The Labute approximate surface area is 137 Å². The van der Waals surface area contributed by atoms with Gasteiger partial charge in [-0.1, -0.05) is 11.6 Å². The van der Waals surface area contributed by atoms with Crippen molar-refractivity contribution < 1.29 is 19.4 Å². The molecule has 1 fully saturated rings. The SMILES string of the molecule is COc1cc(C=C2C(=O)N(C)C(=S)N(C)C2=O)cc(Cl)c1O. The molecule has 2 rings (SSSR count). The van der Waals surface area contributed by atoms with Crippen molar-refractivity contribution in [1.29, 1.82) is 0 Å². The van der Waals surface area contributed by atoms with Crippen LogP contribution in [0.2, 0.25) is 5.02 Å². The number of benzene rings is 1. The lowest BCUT2D eigenvalue weighted by Crippen LogP contribution is -2.52. The van der Waals surface area contributed by atoms with E-state index in [0.29, 0.717) is 5.56 Å². The number of carbonyl (C=O) groups is 2. The summed E-state index contributed by atoms with van der Waals surface area (Å²) < 4.78 is 4.99. The van der Waals surface area contributed by atoms with Crippen LogP contribution in [0.25, 0.3) is 6.08 Å². The third-order valence-electron chi connectivity index (χ3n) is 3.23. The topological polar surface area (TPSA) is 70.1 Å². The average molecular weight is 341 g/mol. The van der Waals surface area contributed by atoms with Gasteiger partial charge in [-0.05, 0) is 36.0 Å². The number of phenolic OH excluding ortho intramolecular Hbond substituents is 1. The summed E-state index contributed by atoms with van der Waals surface area (Å²) >= 11 is 10.9. The summed E-state index contributed by atoms with van der Waals surface area (Å²) in [6, 6.07) is 2.90. The second-order valence-corrected chi connectivity index (χ2v) is 5.39. The van der Waals surface area contributed by atoms with Crippen LogP contribution >= 0.6 is 23.8 Å². The minimum atomic E-state index is -0.503. The number of nitrogens with zero attached hydrogens (tertiary/aromatic N) is 2. The number of carbonyl (C=O) groups excluding carboxylic acids is 2. The van der Waals surface area contributed by atoms with Crippen molar-refractivity contribution in [3.8, 4) is 11.5 Å². The van der Waals surface area contributed by atoms with Crippen molar-refractivity contribution >= 4 is 46.8 Å². The second kappa shape index (κ2) is 5.94.